The van der Waals surface area contributed by atoms with Gasteiger partial charge in [-0.25, -0.2) is 4.79 Å². The first-order chi connectivity index (χ1) is 10.6. The molecule has 0 aliphatic carbocycles. The predicted octanol–water partition coefficient (Wildman–Crippen LogP) is 2.50. The van der Waals surface area contributed by atoms with Gasteiger partial charge in [-0.2, -0.15) is 0 Å². The molecule has 2 aromatic rings. The number of hydrogen-bond donors (Lipinski definition) is 1. The van der Waals surface area contributed by atoms with Gasteiger partial charge in [0.15, 0.2) is 6.29 Å². The van der Waals surface area contributed by atoms with Crippen molar-refractivity contribution in [3.63, 3.8) is 0 Å². The van der Waals surface area contributed by atoms with Crippen LogP contribution in [0.5, 0.6) is 0 Å². The smallest absolute Gasteiger partial charge is 0.338 e. The summed E-state index contributed by atoms with van der Waals surface area (Å²) in [6.45, 7) is 1.90. The summed E-state index contributed by atoms with van der Waals surface area (Å²) in [4.78, 5) is 36.0. The van der Waals surface area contributed by atoms with E-state index in [1.54, 1.807) is 19.2 Å². The first-order valence-corrected chi connectivity index (χ1v) is 6.62. The van der Waals surface area contributed by atoms with Crippen LogP contribution in [0.3, 0.4) is 0 Å². The molecule has 7 nitrogen and oxygen atoms in total. The molecule has 0 radical (unpaired) electrons. The lowest BCUT2D eigenvalue weighted by atomic mass is 10.0. The van der Waals surface area contributed by atoms with Crippen molar-refractivity contribution in [3.05, 3.63) is 63.0 Å². The summed E-state index contributed by atoms with van der Waals surface area (Å²) in [7, 11) is 0. The molecular formula is C15H14N2O5. The number of nitrogens with one attached hydrogen (secondary N) is 1. The number of carbonyl (C=O) groups is 2. The Hall–Kier alpha value is -2.96. The van der Waals surface area contributed by atoms with E-state index in [-0.39, 0.29) is 24.3 Å². The van der Waals surface area contributed by atoms with E-state index in [9.17, 15) is 19.7 Å². The maximum atomic E-state index is 11.7. The molecule has 0 fully saturated rings. The Labute approximate surface area is 126 Å². The highest BCUT2D eigenvalue weighted by Crippen LogP contribution is 2.24. The Balaban J connectivity index is 2.42. The number of H-pyrrole nitrogens is 1. The highest BCUT2D eigenvalue weighted by atomic mass is 16.6. The quantitative estimate of drug-likeness (QED) is 0.382. The third-order valence-corrected chi connectivity index (χ3v) is 3.16. The maximum absolute atomic E-state index is 11.7. The Morgan fingerprint density at radius 2 is 2.14 bits per heavy atom. The molecule has 0 saturated carbocycles. The van der Waals surface area contributed by atoms with E-state index in [0.29, 0.717) is 23.1 Å². The molecule has 0 unspecified atom stereocenters. The third-order valence-electron chi connectivity index (χ3n) is 3.16. The lowest BCUT2D eigenvalue weighted by Crippen LogP contribution is -2.07. The van der Waals surface area contributed by atoms with Crippen molar-refractivity contribution in [1.29, 1.82) is 0 Å². The van der Waals surface area contributed by atoms with Crippen LogP contribution < -0.4 is 0 Å². The average molecular weight is 302 g/mol. The van der Waals surface area contributed by atoms with E-state index in [2.05, 4.69) is 4.98 Å². The van der Waals surface area contributed by atoms with E-state index in [4.69, 9.17) is 4.74 Å². The summed E-state index contributed by atoms with van der Waals surface area (Å²) in [6, 6.07) is 5.73. The van der Waals surface area contributed by atoms with Crippen LogP contribution in [0.1, 0.15) is 38.9 Å². The van der Waals surface area contributed by atoms with E-state index >= 15 is 0 Å². The van der Waals surface area contributed by atoms with Gasteiger partial charge in [0.25, 0.3) is 5.69 Å². The van der Waals surface area contributed by atoms with Gasteiger partial charge in [0.1, 0.15) is 0 Å². The van der Waals surface area contributed by atoms with Crippen LogP contribution in [0.4, 0.5) is 5.69 Å². The SMILES string of the molecule is CCOC(=O)c1ccc([N+](=O)[O-])c(Cc2cc[nH]c2C=O)c1. The zero-order valence-corrected chi connectivity index (χ0v) is 11.9. The van der Waals surface area contributed by atoms with Gasteiger partial charge >= 0.3 is 5.97 Å². The number of rotatable bonds is 6. The maximum Gasteiger partial charge on any atom is 0.338 e. The zero-order chi connectivity index (χ0) is 16.1. The number of hydrogen-bond acceptors (Lipinski definition) is 5. The topological polar surface area (TPSA) is 102 Å². The fourth-order valence-corrected chi connectivity index (χ4v) is 2.13. The fraction of sp³-hybridized carbons (Fsp3) is 0.200. The number of nitro benzene ring substituents is 1. The lowest BCUT2D eigenvalue weighted by Gasteiger charge is -2.06. The van der Waals surface area contributed by atoms with Crippen LogP contribution in [-0.4, -0.2) is 28.8 Å². The third kappa shape index (κ3) is 3.20. The number of esters is 1. The van der Waals surface area contributed by atoms with Crippen molar-refractivity contribution >= 4 is 17.9 Å². The molecule has 0 atom stereocenters. The number of benzene rings is 1. The first kappa shape index (κ1) is 15.4. The van der Waals surface area contributed by atoms with Crippen molar-refractivity contribution in [2.45, 2.75) is 13.3 Å². The van der Waals surface area contributed by atoms with Gasteiger partial charge in [0.05, 0.1) is 22.8 Å². The van der Waals surface area contributed by atoms with Crippen molar-refractivity contribution in [2.24, 2.45) is 0 Å². The summed E-state index contributed by atoms with van der Waals surface area (Å²) in [5.74, 6) is -0.539. The van der Waals surface area contributed by atoms with Crippen LogP contribution in [0.2, 0.25) is 0 Å². The summed E-state index contributed by atoms with van der Waals surface area (Å²) >= 11 is 0. The first-order valence-electron chi connectivity index (χ1n) is 6.62. The van der Waals surface area contributed by atoms with E-state index in [1.807, 2.05) is 0 Å². The molecule has 0 spiro atoms. The van der Waals surface area contributed by atoms with Gasteiger partial charge < -0.3 is 9.72 Å². The normalized spacial score (nSPS) is 10.2. The molecule has 0 saturated heterocycles. The monoisotopic (exact) mass is 302 g/mol. The lowest BCUT2D eigenvalue weighted by molar-refractivity contribution is -0.385. The molecule has 0 amide bonds. The molecule has 0 aliphatic rings. The van der Waals surface area contributed by atoms with Crippen LogP contribution in [0.15, 0.2) is 30.5 Å². The Morgan fingerprint density at radius 3 is 2.77 bits per heavy atom. The van der Waals surface area contributed by atoms with Gasteiger partial charge in [-0.15, -0.1) is 0 Å². The number of aromatic amines is 1. The van der Waals surface area contributed by atoms with Crippen molar-refractivity contribution in [3.8, 4) is 0 Å². The van der Waals surface area contributed by atoms with Crippen molar-refractivity contribution in [1.82, 2.24) is 4.98 Å². The molecule has 1 aromatic heterocycles. The summed E-state index contributed by atoms with van der Waals surface area (Å²) in [5, 5.41) is 11.1. The van der Waals surface area contributed by atoms with Gasteiger partial charge in [0.2, 0.25) is 0 Å². The minimum absolute atomic E-state index is 0.105. The average Bonchev–Trinajstić information content (AvgIpc) is 2.94. The standard InChI is InChI=1S/C15H14N2O5/c1-2-22-15(19)11-3-4-14(17(20)21)12(8-11)7-10-5-6-16-13(10)9-18/h3-6,8-9,16H,2,7H2,1H3. The molecule has 7 heteroatoms. The van der Waals surface area contributed by atoms with E-state index in [0.717, 1.165) is 0 Å². The number of aromatic nitrogens is 1. The van der Waals surface area contributed by atoms with Gasteiger partial charge in [0, 0.05) is 24.2 Å². The fourth-order valence-electron chi connectivity index (χ4n) is 2.13. The molecular weight excluding hydrogens is 288 g/mol. The highest BCUT2D eigenvalue weighted by Gasteiger charge is 2.18. The van der Waals surface area contributed by atoms with Gasteiger partial charge in [-0.05, 0) is 30.7 Å². The zero-order valence-electron chi connectivity index (χ0n) is 11.9. The number of ether oxygens (including phenoxy) is 1. The molecule has 114 valence electrons. The molecule has 1 N–H and O–H groups in total. The minimum Gasteiger partial charge on any atom is -0.462 e. The van der Waals surface area contributed by atoms with E-state index in [1.165, 1.54) is 18.2 Å². The van der Waals surface area contributed by atoms with Gasteiger partial charge in [-0.3, -0.25) is 14.9 Å². The Kier molecular flexibility index (Phi) is 4.67. The van der Waals surface area contributed by atoms with Crippen LogP contribution in [0.25, 0.3) is 0 Å². The number of carbonyl (C=O) groups excluding carboxylic acids is 2. The molecule has 1 heterocycles. The van der Waals surface area contributed by atoms with Crippen LogP contribution >= 0.6 is 0 Å². The van der Waals surface area contributed by atoms with Crippen LogP contribution in [0, 0.1) is 10.1 Å². The molecule has 1 aromatic carbocycles. The second-order valence-corrected chi connectivity index (χ2v) is 4.53. The van der Waals surface area contributed by atoms with Crippen molar-refractivity contribution in [2.75, 3.05) is 6.61 Å². The number of nitrogens with zero attached hydrogens (tertiary/aromatic N) is 1. The largest absolute Gasteiger partial charge is 0.462 e. The second kappa shape index (κ2) is 6.66. The van der Waals surface area contributed by atoms with Crippen LogP contribution in [-0.2, 0) is 11.2 Å². The number of aldehydes is 1. The molecule has 0 aliphatic heterocycles. The van der Waals surface area contributed by atoms with Gasteiger partial charge in [-0.1, -0.05) is 0 Å². The number of nitro groups is 1. The second-order valence-electron chi connectivity index (χ2n) is 4.53. The molecule has 0 bridgehead atoms. The summed E-state index contributed by atoms with van der Waals surface area (Å²) < 4.78 is 4.89. The summed E-state index contributed by atoms with van der Waals surface area (Å²) in [6.07, 6.45) is 2.40. The molecule has 22 heavy (non-hydrogen) atoms. The Morgan fingerprint density at radius 1 is 1.36 bits per heavy atom. The minimum atomic E-state index is -0.539. The Bertz CT molecular complexity index is 720. The summed E-state index contributed by atoms with van der Waals surface area (Å²) in [5.41, 5.74) is 1.46. The van der Waals surface area contributed by atoms with Crippen molar-refractivity contribution < 1.29 is 19.2 Å². The predicted molar refractivity (Wildman–Crippen MR) is 78.0 cm³/mol. The molecule has 2 rings (SSSR count). The highest BCUT2D eigenvalue weighted by molar-refractivity contribution is 5.90. The van der Waals surface area contributed by atoms with E-state index < -0.39 is 10.9 Å².